The van der Waals surface area contributed by atoms with Crippen LogP contribution in [0.2, 0.25) is 5.02 Å². The van der Waals surface area contributed by atoms with Crippen molar-refractivity contribution in [2.45, 2.75) is 19.9 Å². The Labute approximate surface area is 132 Å². The van der Waals surface area contributed by atoms with E-state index in [1.165, 1.54) is 0 Å². The summed E-state index contributed by atoms with van der Waals surface area (Å²) in [5, 5.41) is 3.47. The van der Waals surface area contributed by atoms with Crippen LogP contribution in [0, 0.1) is 6.92 Å². The minimum Gasteiger partial charge on any atom is -0.345 e. The number of carbonyl (C=O) groups is 1. The molecular formula is C16H15BrClNO. The number of benzene rings is 2. The topological polar surface area (TPSA) is 29.1 Å². The standard InChI is InChI=1S/C16H15BrClNO/c1-10-5-3-8-14(15(10)18)16(20)19-11(2)12-6-4-7-13(17)9-12/h3-9,11H,1-2H3,(H,19,20). The molecule has 1 unspecified atom stereocenters. The Morgan fingerprint density at radius 3 is 2.65 bits per heavy atom. The van der Waals surface area contributed by atoms with Crippen LogP contribution in [0.4, 0.5) is 0 Å². The van der Waals surface area contributed by atoms with Crippen LogP contribution in [0.15, 0.2) is 46.9 Å². The number of nitrogens with one attached hydrogen (secondary N) is 1. The maximum atomic E-state index is 12.3. The molecule has 1 atom stereocenters. The summed E-state index contributed by atoms with van der Waals surface area (Å²) in [7, 11) is 0. The van der Waals surface area contributed by atoms with Crippen LogP contribution in [0.5, 0.6) is 0 Å². The monoisotopic (exact) mass is 351 g/mol. The van der Waals surface area contributed by atoms with Crippen LogP contribution in [0.1, 0.15) is 34.5 Å². The van der Waals surface area contributed by atoms with E-state index in [0.29, 0.717) is 10.6 Å². The lowest BCUT2D eigenvalue weighted by Crippen LogP contribution is -2.27. The van der Waals surface area contributed by atoms with E-state index in [-0.39, 0.29) is 11.9 Å². The average molecular weight is 353 g/mol. The largest absolute Gasteiger partial charge is 0.345 e. The fourth-order valence-electron chi connectivity index (χ4n) is 1.96. The van der Waals surface area contributed by atoms with Crippen LogP contribution in [-0.2, 0) is 0 Å². The molecule has 1 amide bonds. The highest BCUT2D eigenvalue weighted by molar-refractivity contribution is 9.10. The van der Waals surface area contributed by atoms with Crippen molar-refractivity contribution in [2.75, 3.05) is 0 Å². The summed E-state index contributed by atoms with van der Waals surface area (Å²) in [6.45, 7) is 3.83. The molecule has 0 saturated heterocycles. The van der Waals surface area contributed by atoms with Gasteiger partial charge in [0.25, 0.3) is 5.91 Å². The van der Waals surface area contributed by atoms with E-state index in [9.17, 15) is 4.79 Å². The second-order valence-corrected chi connectivity index (χ2v) is 5.98. The molecule has 0 spiro atoms. The second-order valence-electron chi connectivity index (χ2n) is 4.69. The Kier molecular flexibility index (Phi) is 4.84. The maximum absolute atomic E-state index is 12.3. The number of rotatable bonds is 3. The van der Waals surface area contributed by atoms with Crippen molar-refractivity contribution in [3.05, 3.63) is 68.7 Å². The van der Waals surface area contributed by atoms with E-state index in [1.807, 2.05) is 50.2 Å². The third-order valence-corrected chi connectivity index (χ3v) is 4.13. The molecule has 4 heteroatoms. The lowest BCUT2D eigenvalue weighted by molar-refractivity contribution is 0.0940. The first-order valence-electron chi connectivity index (χ1n) is 6.30. The fourth-order valence-corrected chi connectivity index (χ4v) is 2.59. The summed E-state index contributed by atoms with van der Waals surface area (Å²) < 4.78 is 0.990. The van der Waals surface area contributed by atoms with Crippen molar-refractivity contribution in [3.63, 3.8) is 0 Å². The Balaban J connectivity index is 2.17. The molecule has 0 bridgehead atoms. The quantitative estimate of drug-likeness (QED) is 0.836. The number of hydrogen-bond donors (Lipinski definition) is 1. The van der Waals surface area contributed by atoms with Gasteiger partial charge in [-0.05, 0) is 43.2 Å². The predicted molar refractivity (Wildman–Crippen MR) is 86.2 cm³/mol. The van der Waals surface area contributed by atoms with Crippen LogP contribution in [-0.4, -0.2) is 5.91 Å². The van der Waals surface area contributed by atoms with E-state index in [0.717, 1.165) is 15.6 Å². The molecule has 0 aromatic heterocycles. The molecule has 0 heterocycles. The lowest BCUT2D eigenvalue weighted by Gasteiger charge is -2.15. The second kappa shape index (κ2) is 6.42. The van der Waals surface area contributed by atoms with Crippen molar-refractivity contribution in [1.82, 2.24) is 5.32 Å². The molecule has 2 rings (SSSR count). The van der Waals surface area contributed by atoms with Crippen molar-refractivity contribution < 1.29 is 4.79 Å². The summed E-state index contributed by atoms with van der Waals surface area (Å²) in [6, 6.07) is 13.2. The minimum absolute atomic E-state index is 0.0865. The molecule has 0 aliphatic rings. The highest BCUT2D eigenvalue weighted by Crippen LogP contribution is 2.22. The zero-order valence-electron chi connectivity index (χ0n) is 11.3. The van der Waals surface area contributed by atoms with Crippen LogP contribution >= 0.6 is 27.5 Å². The van der Waals surface area contributed by atoms with Gasteiger partial charge in [0, 0.05) is 4.47 Å². The first-order valence-corrected chi connectivity index (χ1v) is 7.47. The fraction of sp³-hybridized carbons (Fsp3) is 0.188. The molecule has 104 valence electrons. The molecule has 20 heavy (non-hydrogen) atoms. The van der Waals surface area contributed by atoms with Gasteiger partial charge in [0.05, 0.1) is 16.6 Å². The molecule has 1 N–H and O–H groups in total. The average Bonchev–Trinajstić information content (AvgIpc) is 2.41. The summed E-state index contributed by atoms with van der Waals surface area (Å²) >= 11 is 9.60. The van der Waals surface area contributed by atoms with Crippen molar-refractivity contribution >= 4 is 33.4 Å². The molecule has 0 radical (unpaired) electrons. The molecule has 0 saturated carbocycles. The molecular weight excluding hydrogens is 338 g/mol. The van der Waals surface area contributed by atoms with E-state index in [2.05, 4.69) is 21.2 Å². The van der Waals surface area contributed by atoms with Crippen molar-refractivity contribution in [3.8, 4) is 0 Å². The summed E-state index contributed by atoms with van der Waals surface area (Å²) in [6.07, 6.45) is 0. The molecule has 2 nitrogen and oxygen atoms in total. The van der Waals surface area contributed by atoms with Gasteiger partial charge in [-0.15, -0.1) is 0 Å². The smallest absolute Gasteiger partial charge is 0.253 e. The van der Waals surface area contributed by atoms with Gasteiger partial charge in [-0.2, -0.15) is 0 Å². The summed E-state index contributed by atoms with van der Waals surface area (Å²) in [4.78, 5) is 12.3. The lowest BCUT2D eigenvalue weighted by atomic mass is 10.1. The molecule has 0 fully saturated rings. The molecule has 0 aliphatic carbocycles. The number of halogens is 2. The molecule has 2 aromatic carbocycles. The Morgan fingerprint density at radius 2 is 1.95 bits per heavy atom. The zero-order valence-corrected chi connectivity index (χ0v) is 13.6. The Morgan fingerprint density at radius 1 is 1.25 bits per heavy atom. The van der Waals surface area contributed by atoms with Gasteiger partial charge in [-0.1, -0.05) is 51.8 Å². The van der Waals surface area contributed by atoms with Gasteiger partial charge in [0.15, 0.2) is 0 Å². The van der Waals surface area contributed by atoms with E-state index < -0.39 is 0 Å². The third-order valence-electron chi connectivity index (χ3n) is 3.13. The van der Waals surface area contributed by atoms with Crippen LogP contribution in [0.3, 0.4) is 0 Å². The van der Waals surface area contributed by atoms with Gasteiger partial charge in [0.2, 0.25) is 0 Å². The highest BCUT2D eigenvalue weighted by atomic mass is 79.9. The van der Waals surface area contributed by atoms with E-state index >= 15 is 0 Å². The summed E-state index contributed by atoms with van der Waals surface area (Å²) in [5.41, 5.74) is 2.44. The van der Waals surface area contributed by atoms with Crippen molar-refractivity contribution in [1.29, 1.82) is 0 Å². The number of amides is 1. The van der Waals surface area contributed by atoms with Gasteiger partial charge >= 0.3 is 0 Å². The SMILES string of the molecule is Cc1cccc(C(=O)NC(C)c2cccc(Br)c2)c1Cl. The van der Waals surface area contributed by atoms with Gasteiger partial charge in [-0.25, -0.2) is 0 Å². The minimum atomic E-state index is -0.161. The first kappa shape index (κ1) is 15.1. The normalized spacial score (nSPS) is 12.0. The maximum Gasteiger partial charge on any atom is 0.253 e. The Bertz CT molecular complexity index is 642. The molecule has 2 aromatic rings. The third kappa shape index (κ3) is 3.41. The van der Waals surface area contributed by atoms with Gasteiger partial charge < -0.3 is 5.32 Å². The van der Waals surface area contributed by atoms with Gasteiger partial charge in [0.1, 0.15) is 0 Å². The number of carbonyl (C=O) groups excluding carboxylic acids is 1. The summed E-state index contributed by atoms with van der Waals surface area (Å²) in [5.74, 6) is -0.161. The van der Waals surface area contributed by atoms with Crippen LogP contribution in [0.25, 0.3) is 0 Å². The molecule has 0 aliphatic heterocycles. The number of hydrogen-bond acceptors (Lipinski definition) is 1. The van der Waals surface area contributed by atoms with Crippen LogP contribution < -0.4 is 5.32 Å². The zero-order chi connectivity index (χ0) is 14.7. The van der Waals surface area contributed by atoms with E-state index in [4.69, 9.17) is 11.6 Å². The van der Waals surface area contributed by atoms with Gasteiger partial charge in [-0.3, -0.25) is 4.79 Å². The first-order chi connectivity index (χ1) is 9.49. The predicted octanol–water partition coefficient (Wildman–Crippen LogP) is 4.90. The Hall–Kier alpha value is -1.32. The highest BCUT2D eigenvalue weighted by Gasteiger charge is 2.15. The van der Waals surface area contributed by atoms with Crippen molar-refractivity contribution in [2.24, 2.45) is 0 Å². The van der Waals surface area contributed by atoms with E-state index in [1.54, 1.807) is 6.07 Å². The number of aryl methyl sites for hydroxylation is 1.